The van der Waals surface area contributed by atoms with Gasteiger partial charge in [-0.1, -0.05) is 101 Å². The van der Waals surface area contributed by atoms with Crippen molar-refractivity contribution in [2.75, 3.05) is 0 Å². The first-order valence-electron chi connectivity index (χ1n) is 14.0. The van der Waals surface area contributed by atoms with Crippen molar-refractivity contribution in [3.8, 4) is 0 Å². The Labute approximate surface area is 251 Å². The van der Waals surface area contributed by atoms with Crippen molar-refractivity contribution < 1.29 is 18.2 Å². The zero-order valence-corrected chi connectivity index (χ0v) is 28.2. The average Bonchev–Trinajstić information content (AvgIpc) is 2.90. The molecule has 0 aromatic heterocycles. The first kappa shape index (κ1) is 36.6. The van der Waals surface area contributed by atoms with Gasteiger partial charge in [-0.2, -0.15) is 106 Å². The molecule has 3 aromatic carbocycles. The SMILES string of the molecule is CC(C)c1[c-]cc(C(C)C)cc1.CC(C)c1[c-]cc(C(C)C)cc1.CC(C)c1[c-]cc(C(C)C)cc1.[Cl][Pd+]. The van der Waals surface area contributed by atoms with Gasteiger partial charge in [-0.25, -0.2) is 0 Å². The van der Waals surface area contributed by atoms with Crippen molar-refractivity contribution in [1.82, 2.24) is 0 Å². The Hall–Kier alpha value is -1.39. The molecule has 0 aliphatic carbocycles. The van der Waals surface area contributed by atoms with Crippen LogP contribution in [0.2, 0.25) is 0 Å². The van der Waals surface area contributed by atoms with Crippen LogP contribution in [-0.4, -0.2) is 0 Å². The van der Waals surface area contributed by atoms with Crippen molar-refractivity contribution in [2.24, 2.45) is 0 Å². The summed E-state index contributed by atoms with van der Waals surface area (Å²) < 4.78 is 0. The Morgan fingerprint density at radius 2 is 0.605 bits per heavy atom. The number of benzene rings is 3. The van der Waals surface area contributed by atoms with Crippen LogP contribution < -0.4 is 0 Å². The molecule has 0 atom stereocenters. The Bertz CT molecular complexity index is 750. The van der Waals surface area contributed by atoms with E-state index in [0.717, 1.165) is 0 Å². The predicted octanol–water partition coefficient (Wildman–Crippen LogP) is 11.9. The van der Waals surface area contributed by atoms with Crippen LogP contribution in [0.15, 0.2) is 54.6 Å². The molecule has 38 heavy (non-hydrogen) atoms. The molecule has 0 unspecified atom stereocenters. The minimum atomic E-state index is 0.589. The molecule has 0 radical (unpaired) electrons. The van der Waals surface area contributed by atoms with E-state index in [-0.39, 0.29) is 0 Å². The number of rotatable bonds is 6. The number of halogens is 1. The van der Waals surface area contributed by atoms with Crippen molar-refractivity contribution >= 4 is 9.53 Å². The predicted molar refractivity (Wildman–Crippen MR) is 166 cm³/mol. The fourth-order valence-electron chi connectivity index (χ4n) is 3.50. The van der Waals surface area contributed by atoms with Crippen LogP contribution in [-0.2, 0) is 18.2 Å². The van der Waals surface area contributed by atoms with Gasteiger partial charge in [0.05, 0.1) is 0 Å². The molecule has 0 spiro atoms. The molecule has 0 fully saturated rings. The fraction of sp³-hybridized carbons (Fsp3) is 0.500. The van der Waals surface area contributed by atoms with Gasteiger partial charge >= 0.3 is 27.7 Å². The van der Waals surface area contributed by atoms with E-state index >= 15 is 0 Å². The summed E-state index contributed by atoms with van der Waals surface area (Å²) in [6.45, 7) is 26.4. The van der Waals surface area contributed by atoms with Crippen molar-refractivity contribution in [1.29, 1.82) is 0 Å². The van der Waals surface area contributed by atoms with Crippen molar-refractivity contribution in [3.63, 3.8) is 0 Å². The maximum absolute atomic E-state index is 4.49. The van der Waals surface area contributed by atoms with Gasteiger partial charge in [0.2, 0.25) is 0 Å². The molecule has 3 aromatic rings. The van der Waals surface area contributed by atoms with Crippen LogP contribution in [0.4, 0.5) is 0 Å². The molecular formula is C36H51ClPd-2. The van der Waals surface area contributed by atoms with E-state index in [1.54, 1.807) is 0 Å². The third-order valence-electron chi connectivity index (χ3n) is 6.45. The first-order chi connectivity index (χ1) is 17.8. The Balaban J connectivity index is 0.000000523. The van der Waals surface area contributed by atoms with Crippen molar-refractivity contribution in [2.45, 2.75) is 119 Å². The Kier molecular flexibility index (Phi) is 18.9. The molecule has 2 heteroatoms. The summed E-state index contributed by atoms with van der Waals surface area (Å²) in [5, 5.41) is 0. The second kappa shape index (κ2) is 19.6. The molecule has 3 rings (SSSR count). The fourth-order valence-corrected chi connectivity index (χ4v) is 3.50. The van der Waals surface area contributed by atoms with Crippen LogP contribution in [0.25, 0.3) is 0 Å². The van der Waals surface area contributed by atoms with Crippen LogP contribution >= 0.6 is 9.53 Å². The molecule has 0 amide bonds. The topological polar surface area (TPSA) is 0 Å². The van der Waals surface area contributed by atoms with Gasteiger partial charge in [-0.3, -0.25) is 0 Å². The third-order valence-corrected chi connectivity index (χ3v) is 6.45. The van der Waals surface area contributed by atoms with E-state index in [1.807, 2.05) is 0 Å². The van der Waals surface area contributed by atoms with Crippen LogP contribution in [0.5, 0.6) is 0 Å². The minimum absolute atomic E-state index is 0.589. The van der Waals surface area contributed by atoms with E-state index in [2.05, 4.69) is 184 Å². The van der Waals surface area contributed by atoms with Crippen LogP contribution in [0, 0.1) is 18.2 Å². The van der Waals surface area contributed by atoms with E-state index in [0.29, 0.717) is 35.5 Å². The number of hydrogen-bond donors (Lipinski definition) is 0. The van der Waals surface area contributed by atoms with Crippen LogP contribution in [0.3, 0.4) is 0 Å². The molecular weight excluding hydrogens is 574 g/mol. The summed E-state index contributed by atoms with van der Waals surface area (Å²) in [7, 11) is 4.49. The summed E-state index contributed by atoms with van der Waals surface area (Å²) in [5.41, 5.74) is 8.04. The standard InChI is InChI=1S/3C12H17.ClH.Pd/c3*1-9(2)11-5-7-12(8-6-11)10(3)4;;/h3*5-7,9-10H,1-4H3;1H;/q3*-1;;+2/p-1. The molecule has 0 bridgehead atoms. The molecule has 214 valence electrons. The van der Waals surface area contributed by atoms with E-state index in [4.69, 9.17) is 0 Å². The van der Waals surface area contributed by atoms with Gasteiger partial charge in [0.1, 0.15) is 0 Å². The maximum atomic E-state index is 4.49. The molecule has 0 heterocycles. The molecule has 0 nitrogen and oxygen atoms in total. The summed E-state index contributed by atoms with van der Waals surface area (Å²) in [6, 6.07) is 29.4. The van der Waals surface area contributed by atoms with Gasteiger partial charge < -0.3 is 0 Å². The Morgan fingerprint density at radius 1 is 0.395 bits per heavy atom. The van der Waals surface area contributed by atoms with Gasteiger partial charge in [-0.05, 0) is 17.8 Å². The average molecular weight is 626 g/mol. The molecule has 0 N–H and O–H groups in total. The van der Waals surface area contributed by atoms with Gasteiger partial charge in [-0.15, -0.1) is 0 Å². The van der Waals surface area contributed by atoms with Gasteiger partial charge in [0.15, 0.2) is 0 Å². The first-order valence-corrected chi connectivity index (χ1v) is 16.0. The van der Waals surface area contributed by atoms with Crippen LogP contribution in [0.1, 0.15) is 152 Å². The van der Waals surface area contributed by atoms with Crippen molar-refractivity contribution in [3.05, 3.63) is 106 Å². The second-order valence-electron chi connectivity index (χ2n) is 11.7. The molecule has 0 saturated heterocycles. The molecule has 0 saturated carbocycles. The van der Waals surface area contributed by atoms with E-state index in [9.17, 15) is 0 Å². The monoisotopic (exact) mass is 624 g/mol. The third kappa shape index (κ3) is 14.1. The summed E-state index contributed by atoms with van der Waals surface area (Å²) in [4.78, 5) is 0. The summed E-state index contributed by atoms with van der Waals surface area (Å²) >= 11 is 2.22. The Morgan fingerprint density at radius 3 is 0.711 bits per heavy atom. The zero-order chi connectivity index (χ0) is 29.4. The molecule has 0 aliphatic heterocycles. The normalized spacial score (nSPS) is 10.8. The zero-order valence-electron chi connectivity index (χ0n) is 25.9. The molecule has 0 aliphatic rings. The second-order valence-corrected chi connectivity index (χ2v) is 11.7. The number of hydrogen-bond acceptors (Lipinski definition) is 0. The van der Waals surface area contributed by atoms with E-state index in [1.165, 1.54) is 33.4 Å². The van der Waals surface area contributed by atoms with Gasteiger partial charge in [0, 0.05) is 0 Å². The van der Waals surface area contributed by atoms with Gasteiger partial charge in [0.25, 0.3) is 0 Å². The summed E-state index contributed by atoms with van der Waals surface area (Å²) in [6.07, 6.45) is 0. The quantitative estimate of drug-likeness (QED) is 0.189. The summed E-state index contributed by atoms with van der Waals surface area (Å²) in [5.74, 6) is 3.61. The van der Waals surface area contributed by atoms with E-state index < -0.39 is 0 Å².